The molecule has 2 aromatic rings. The lowest BCUT2D eigenvalue weighted by Gasteiger charge is -2.03. The summed E-state index contributed by atoms with van der Waals surface area (Å²) >= 11 is 9.39. The predicted molar refractivity (Wildman–Crippen MR) is 78.3 cm³/mol. The van der Waals surface area contributed by atoms with Gasteiger partial charge in [0.25, 0.3) is 0 Å². The Hall–Kier alpha value is -0.840. The summed E-state index contributed by atoms with van der Waals surface area (Å²) < 4.78 is 2.73. The molecule has 1 N–H and O–H groups in total. The molecule has 0 spiro atoms. The number of benzene rings is 1. The van der Waals surface area contributed by atoms with Crippen LogP contribution < -0.4 is 5.32 Å². The van der Waals surface area contributed by atoms with Gasteiger partial charge in [-0.05, 0) is 53.2 Å². The lowest BCUT2D eigenvalue weighted by atomic mass is 10.3. The molecule has 0 radical (unpaired) electrons. The molecule has 18 heavy (non-hydrogen) atoms. The molecule has 1 aromatic heterocycles. The van der Waals surface area contributed by atoms with Crippen LogP contribution in [0.15, 0.2) is 34.9 Å². The summed E-state index contributed by atoms with van der Waals surface area (Å²) in [6.45, 7) is 3.96. The second kappa shape index (κ2) is 6.36. The summed E-state index contributed by atoms with van der Waals surface area (Å²) in [6, 6.07) is 7.78. The zero-order valence-corrected chi connectivity index (χ0v) is 12.5. The van der Waals surface area contributed by atoms with Gasteiger partial charge in [-0.2, -0.15) is 5.10 Å². The normalized spacial score (nSPS) is 10.8. The van der Waals surface area contributed by atoms with E-state index in [4.69, 9.17) is 11.6 Å². The lowest BCUT2D eigenvalue weighted by Crippen LogP contribution is -2.14. The molecular formula is C13H15BrClN3. The van der Waals surface area contributed by atoms with E-state index in [0.717, 1.165) is 35.4 Å². The third kappa shape index (κ3) is 3.34. The Kier molecular flexibility index (Phi) is 4.80. The molecule has 0 unspecified atom stereocenters. The third-order valence-electron chi connectivity index (χ3n) is 2.54. The van der Waals surface area contributed by atoms with Crippen LogP contribution in [-0.2, 0) is 6.54 Å². The van der Waals surface area contributed by atoms with Crippen LogP contribution in [-0.4, -0.2) is 16.3 Å². The van der Waals surface area contributed by atoms with E-state index < -0.39 is 0 Å². The molecule has 0 saturated carbocycles. The van der Waals surface area contributed by atoms with E-state index in [9.17, 15) is 0 Å². The van der Waals surface area contributed by atoms with Crippen molar-refractivity contribution in [2.45, 2.75) is 19.9 Å². The fraction of sp³-hybridized carbons (Fsp3) is 0.308. The van der Waals surface area contributed by atoms with Gasteiger partial charge in [-0.1, -0.05) is 18.5 Å². The number of nitrogens with zero attached hydrogens (tertiary/aromatic N) is 2. The van der Waals surface area contributed by atoms with Crippen molar-refractivity contribution < 1.29 is 0 Å². The standard InChI is InChI=1S/C13H15BrClN3/c1-2-6-16-9-10-5-7-18(17-10)11-3-4-13(15)12(14)8-11/h3-5,7-8,16H,2,6,9H2,1H3. The average molecular weight is 329 g/mol. The van der Waals surface area contributed by atoms with Gasteiger partial charge in [-0.25, -0.2) is 4.68 Å². The molecule has 0 fully saturated rings. The molecular weight excluding hydrogens is 314 g/mol. The smallest absolute Gasteiger partial charge is 0.0766 e. The van der Waals surface area contributed by atoms with Gasteiger partial charge in [0.2, 0.25) is 0 Å². The molecule has 1 aromatic carbocycles. The summed E-state index contributed by atoms with van der Waals surface area (Å²) in [4.78, 5) is 0. The van der Waals surface area contributed by atoms with Crippen LogP contribution in [0.5, 0.6) is 0 Å². The molecule has 0 aliphatic rings. The van der Waals surface area contributed by atoms with Crippen LogP contribution in [0.1, 0.15) is 19.0 Å². The number of rotatable bonds is 5. The fourth-order valence-corrected chi connectivity index (χ4v) is 2.10. The highest BCUT2D eigenvalue weighted by molar-refractivity contribution is 9.10. The van der Waals surface area contributed by atoms with E-state index in [1.165, 1.54) is 0 Å². The number of halogens is 2. The first-order valence-electron chi connectivity index (χ1n) is 5.91. The second-order valence-electron chi connectivity index (χ2n) is 4.03. The van der Waals surface area contributed by atoms with E-state index in [1.807, 2.05) is 35.1 Å². The molecule has 1 heterocycles. The van der Waals surface area contributed by atoms with Crippen molar-refractivity contribution >= 4 is 27.5 Å². The molecule has 96 valence electrons. The SMILES string of the molecule is CCCNCc1ccn(-c2ccc(Cl)c(Br)c2)n1. The monoisotopic (exact) mass is 327 g/mol. The first-order valence-corrected chi connectivity index (χ1v) is 7.08. The molecule has 0 aliphatic carbocycles. The lowest BCUT2D eigenvalue weighted by molar-refractivity contribution is 0.656. The van der Waals surface area contributed by atoms with Crippen LogP contribution >= 0.6 is 27.5 Å². The maximum atomic E-state index is 5.97. The first-order chi connectivity index (χ1) is 8.70. The zero-order valence-electron chi connectivity index (χ0n) is 10.2. The van der Waals surface area contributed by atoms with Crippen molar-refractivity contribution in [2.24, 2.45) is 0 Å². The molecule has 5 heteroatoms. The number of aromatic nitrogens is 2. The third-order valence-corrected chi connectivity index (χ3v) is 3.76. The summed E-state index contributed by atoms with van der Waals surface area (Å²) in [5.41, 5.74) is 2.03. The van der Waals surface area contributed by atoms with Gasteiger partial charge in [0.05, 0.1) is 16.4 Å². The Morgan fingerprint density at radius 2 is 2.22 bits per heavy atom. The highest BCUT2D eigenvalue weighted by Crippen LogP contribution is 2.24. The van der Waals surface area contributed by atoms with Crippen LogP contribution in [0.4, 0.5) is 0 Å². The minimum absolute atomic E-state index is 0.704. The molecule has 0 amide bonds. The quantitative estimate of drug-likeness (QED) is 0.846. The van der Waals surface area contributed by atoms with E-state index in [0.29, 0.717) is 5.02 Å². The van der Waals surface area contributed by atoms with Gasteiger partial charge in [-0.15, -0.1) is 0 Å². The van der Waals surface area contributed by atoms with Gasteiger partial charge in [0, 0.05) is 17.2 Å². The molecule has 0 bridgehead atoms. The van der Waals surface area contributed by atoms with E-state index in [2.05, 4.69) is 33.3 Å². The Bertz CT molecular complexity index is 525. The van der Waals surface area contributed by atoms with Crippen LogP contribution in [0.2, 0.25) is 5.02 Å². The first kappa shape index (κ1) is 13.6. The largest absolute Gasteiger partial charge is 0.311 e. The topological polar surface area (TPSA) is 29.9 Å². The minimum Gasteiger partial charge on any atom is -0.311 e. The van der Waals surface area contributed by atoms with E-state index in [1.54, 1.807) is 0 Å². The number of nitrogens with one attached hydrogen (secondary N) is 1. The van der Waals surface area contributed by atoms with Crippen molar-refractivity contribution in [3.05, 3.63) is 45.7 Å². The highest BCUT2D eigenvalue weighted by atomic mass is 79.9. The summed E-state index contributed by atoms with van der Waals surface area (Å²) in [5.74, 6) is 0. The summed E-state index contributed by atoms with van der Waals surface area (Å²) in [5, 5.41) is 8.55. The molecule has 3 nitrogen and oxygen atoms in total. The average Bonchev–Trinajstić information content (AvgIpc) is 2.82. The fourth-order valence-electron chi connectivity index (χ4n) is 1.62. The van der Waals surface area contributed by atoms with Gasteiger partial charge < -0.3 is 5.32 Å². The Morgan fingerprint density at radius 1 is 1.39 bits per heavy atom. The van der Waals surface area contributed by atoms with Gasteiger partial charge in [0.15, 0.2) is 0 Å². The molecule has 0 atom stereocenters. The van der Waals surface area contributed by atoms with Gasteiger partial charge in [0.1, 0.15) is 0 Å². The Morgan fingerprint density at radius 3 is 2.94 bits per heavy atom. The van der Waals surface area contributed by atoms with Crippen molar-refractivity contribution in [3.8, 4) is 5.69 Å². The van der Waals surface area contributed by atoms with E-state index in [-0.39, 0.29) is 0 Å². The number of hydrogen-bond donors (Lipinski definition) is 1. The molecule has 0 aliphatic heterocycles. The Labute approximate surface area is 120 Å². The zero-order chi connectivity index (χ0) is 13.0. The van der Waals surface area contributed by atoms with Crippen molar-refractivity contribution in [3.63, 3.8) is 0 Å². The van der Waals surface area contributed by atoms with Crippen molar-refractivity contribution in [2.75, 3.05) is 6.54 Å². The maximum absolute atomic E-state index is 5.97. The van der Waals surface area contributed by atoms with Crippen LogP contribution in [0.3, 0.4) is 0 Å². The summed E-state index contributed by atoms with van der Waals surface area (Å²) in [6.07, 6.45) is 3.09. The second-order valence-corrected chi connectivity index (χ2v) is 5.29. The van der Waals surface area contributed by atoms with Gasteiger partial charge >= 0.3 is 0 Å². The molecule has 0 saturated heterocycles. The van der Waals surface area contributed by atoms with Crippen LogP contribution in [0.25, 0.3) is 5.69 Å². The van der Waals surface area contributed by atoms with Gasteiger partial charge in [-0.3, -0.25) is 0 Å². The van der Waals surface area contributed by atoms with Crippen molar-refractivity contribution in [1.29, 1.82) is 0 Å². The summed E-state index contributed by atoms with van der Waals surface area (Å²) in [7, 11) is 0. The highest BCUT2D eigenvalue weighted by Gasteiger charge is 2.03. The Balaban J connectivity index is 2.11. The predicted octanol–water partition coefficient (Wildman–Crippen LogP) is 3.79. The number of hydrogen-bond acceptors (Lipinski definition) is 2. The van der Waals surface area contributed by atoms with E-state index >= 15 is 0 Å². The van der Waals surface area contributed by atoms with Crippen molar-refractivity contribution in [1.82, 2.24) is 15.1 Å². The maximum Gasteiger partial charge on any atom is 0.0766 e. The molecule has 2 rings (SSSR count). The minimum atomic E-state index is 0.704. The van der Waals surface area contributed by atoms with Crippen LogP contribution in [0, 0.1) is 0 Å².